The highest BCUT2D eigenvalue weighted by Gasteiger charge is 2.08. The molecule has 0 aromatic rings. The summed E-state index contributed by atoms with van der Waals surface area (Å²) in [4.78, 5) is 9.95. The van der Waals surface area contributed by atoms with Gasteiger partial charge in [0.2, 0.25) is 0 Å². The number of allylic oxidation sites excluding steroid dienone is 2. The van der Waals surface area contributed by atoms with Crippen molar-refractivity contribution in [3.05, 3.63) is 11.8 Å². The summed E-state index contributed by atoms with van der Waals surface area (Å²) in [6.07, 6.45) is 3.68. The first-order valence-corrected chi connectivity index (χ1v) is 2.73. The third-order valence-corrected chi connectivity index (χ3v) is 1.05. The lowest BCUT2D eigenvalue weighted by Gasteiger charge is -2.10. The van der Waals surface area contributed by atoms with Gasteiger partial charge < -0.3 is 4.74 Å². The van der Waals surface area contributed by atoms with Crippen LogP contribution in [0.25, 0.3) is 0 Å². The monoisotopic (exact) mass is 132 g/mol. The Morgan fingerprint density at radius 3 is 2.62 bits per heavy atom. The molecule has 0 aromatic heterocycles. The third kappa shape index (κ3) is 1.23. The molecule has 0 heterocycles. The Morgan fingerprint density at radius 2 is 2.50 bits per heavy atom. The lowest BCUT2D eigenvalue weighted by Crippen LogP contribution is -2.00. The van der Waals surface area contributed by atoms with Crippen molar-refractivity contribution in [1.29, 1.82) is 0 Å². The number of carbonyl (C=O) groups is 1. The van der Waals surface area contributed by atoms with Crippen LogP contribution in [0.15, 0.2) is 11.8 Å². The Kier molecular flexibility index (Phi) is 1.53. The van der Waals surface area contributed by atoms with Crippen LogP contribution in [0.4, 0.5) is 4.79 Å². The van der Waals surface area contributed by atoms with E-state index in [2.05, 4.69) is 4.74 Å². The quantitative estimate of drug-likeness (QED) is 0.511. The van der Waals surface area contributed by atoms with Crippen molar-refractivity contribution in [2.45, 2.75) is 12.8 Å². The maximum Gasteiger partial charge on any atom is 0.408 e. The Morgan fingerprint density at radius 1 is 1.88 bits per heavy atom. The lowest BCUT2D eigenvalue weighted by molar-refractivity contribution is 0.196. The van der Waals surface area contributed by atoms with Crippen molar-refractivity contribution in [2.24, 2.45) is 0 Å². The third-order valence-electron chi connectivity index (χ3n) is 0.974. The van der Waals surface area contributed by atoms with Gasteiger partial charge in [0.25, 0.3) is 0 Å². The van der Waals surface area contributed by atoms with Crippen molar-refractivity contribution in [2.75, 3.05) is 0 Å². The zero-order valence-electron chi connectivity index (χ0n) is 4.19. The zero-order chi connectivity index (χ0) is 5.98. The van der Waals surface area contributed by atoms with Crippen LogP contribution < -0.4 is 0 Å². The molecule has 0 unspecified atom stereocenters. The molecule has 0 aliphatic heterocycles. The molecular formula is C5H5ClO2. The average Bonchev–Trinajstić information content (AvgIpc) is 1.55. The summed E-state index contributed by atoms with van der Waals surface area (Å²) in [6.45, 7) is 0. The van der Waals surface area contributed by atoms with Gasteiger partial charge in [0.05, 0.1) is 0 Å². The number of hydrogen-bond donors (Lipinski definition) is 0. The Labute approximate surface area is 52.1 Å². The van der Waals surface area contributed by atoms with Crippen LogP contribution in [-0.4, -0.2) is 5.43 Å². The van der Waals surface area contributed by atoms with Gasteiger partial charge in [0.15, 0.2) is 0 Å². The summed E-state index contributed by atoms with van der Waals surface area (Å²) >= 11 is 4.88. The molecule has 1 rings (SSSR count). The Balaban J connectivity index is 2.29. The largest absolute Gasteiger partial charge is 0.419 e. The van der Waals surface area contributed by atoms with Gasteiger partial charge in [-0.3, -0.25) is 0 Å². The molecule has 3 heteroatoms. The topological polar surface area (TPSA) is 26.3 Å². The summed E-state index contributed by atoms with van der Waals surface area (Å²) in [5.41, 5.74) is -0.740. The molecule has 0 saturated heterocycles. The Hall–Kier alpha value is -0.500. The summed E-state index contributed by atoms with van der Waals surface area (Å²) in [6, 6.07) is 0. The predicted octanol–water partition coefficient (Wildman–Crippen LogP) is 2.04. The Bertz CT molecular complexity index is 139. The maximum absolute atomic E-state index is 9.95. The first kappa shape index (κ1) is 5.63. The fourth-order valence-corrected chi connectivity index (χ4v) is 0.557. The highest BCUT2D eigenvalue weighted by atomic mass is 35.5. The maximum atomic E-state index is 9.95. The second-order valence-electron chi connectivity index (χ2n) is 1.55. The second kappa shape index (κ2) is 2.18. The number of carbonyl (C=O) groups excluding carboxylic acids is 1. The standard InChI is InChI=1S/C5H5ClO2/c6-5(7)8-4-2-1-3-4/h2H,1,3H2. The molecule has 0 atom stereocenters. The summed E-state index contributed by atoms with van der Waals surface area (Å²) < 4.78 is 4.47. The molecule has 44 valence electrons. The van der Waals surface area contributed by atoms with E-state index in [4.69, 9.17) is 11.6 Å². The van der Waals surface area contributed by atoms with Gasteiger partial charge in [-0.05, 0) is 12.5 Å². The van der Waals surface area contributed by atoms with Crippen LogP contribution >= 0.6 is 11.6 Å². The van der Waals surface area contributed by atoms with E-state index < -0.39 is 5.43 Å². The molecule has 1 aliphatic carbocycles. The molecular weight excluding hydrogens is 128 g/mol. The summed E-state index contributed by atoms with van der Waals surface area (Å²) in [5.74, 6) is 0.699. The van der Waals surface area contributed by atoms with Crippen molar-refractivity contribution in [3.8, 4) is 0 Å². The van der Waals surface area contributed by atoms with Crippen molar-refractivity contribution in [3.63, 3.8) is 0 Å². The molecule has 2 nitrogen and oxygen atoms in total. The SMILES string of the molecule is O=C(Cl)OC1=CCC1. The predicted molar refractivity (Wildman–Crippen MR) is 29.7 cm³/mol. The molecule has 0 spiro atoms. The van der Waals surface area contributed by atoms with E-state index >= 15 is 0 Å². The van der Waals surface area contributed by atoms with E-state index in [1.165, 1.54) is 0 Å². The van der Waals surface area contributed by atoms with Crippen LogP contribution in [0.5, 0.6) is 0 Å². The van der Waals surface area contributed by atoms with Gasteiger partial charge in [-0.1, -0.05) is 0 Å². The number of ether oxygens (including phenoxy) is 1. The molecule has 0 radical (unpaired) electrons. The highest BCUT2D eigenvalue weighted by Crippen LogP contribution is 2.19. The molecule has 0 fully saturated rings. The smallest absolute Gasteiger partial charge is 0.408 e. The normalized spacial score (nSPS) is 16.4. The van der Waals surface area contributed by atoms with Gasteiger partial charge in [0.1, 0.15) is 5.76 Å². The lowest BCUT2D eigenvalue weighted by atomic mass is 10.1. The molecule has 0 saturated carbocycles. The second-order valence-corrected chi connectivity index (χ2v) is 1.86. The van der Waals surface area contributed by atoms with E-state index in [1.807, 2.05) is 6.08 Å². The van der Waals surface area contributed by atoms with E-state index in [9.17, 15) is 4.79 Å². The minimum atomic E-state index is -0.740. The van der Waals surface area contributed by atoms with Gasteiger partial charge in [-0.25, -0.2) is 4.79 Å². The molecule has 0 N–H and O–H groups in total. The fraction of sp³-hybridized carbons (Fsp3) is 0.400. The average molecular weight is 133 g/mol. The van der Waals surface area contributed by atoms with Crippen molar-refractivity contribution in [1.82, 2.24) is 0 Å². The van der Waals surface area contributed by atoms with E-state index in [-0.39, 0.29) is 0 Å². The molecule has 0 amide bonds. The first-order chi connectivity index (χ1) is 3.79. The van der Waals surface area contributed by atoms with Crippen LogP contribution in [0.3, 0.4) is 0 Å². The highest BCUT2D eigenvalue weighted by molar-refractivity contribution is 6.61. The number of rotatable bonds is 1. The molecule has 8 heavy (non-hydrogen) atoms. The molecule has 0 aromatic carbocycles. The minimum absolute atomic E-state index is 0.699. The summed E-state index contributed by atoms with van der Waals surface area (Å²) in [5, 5.41) is 0. The van der Waals surface area contributed by atoms with E-state index in [0.717, 1.165) is 12.8 Å². The molecule has 1 aliphatic rings. The first-order valence-electron chi connectivity index (χ1n) is 2.35. The van der Waals surface area contributed by atoms with Crippen molar-refractivity contribution < 1.29 is 9.53 Å². The van der Waals surface area contributed by atoms with Crippen LogP contribution in [0.1, 0.15) is 12.8 Å². The van der Waals surface area contributed by atoms with Gasteiger partial charge in [-0.2, -0.15) is 0 Å². The number of hydrogen-bond acceptors (Lipinski definition) is 2. The van der Waals surface area contributed by atoms with Gasteiger partial charge in [0, 0.05) is 18.0 Å². The number of halogens is 1. The van der Waals surface area contributed by atoms with Crippen molar-refractivity contribution >= 4 is 17.0 Å². The van der Waals surface area contributed by atoms with Crippen LogP contribution in [0.2, 0.25) is 0 Å². The van der Waals surface area contributed by atoms with Crippen LogP contribution in [-0.2, 0) is 4.74 Å². The van der Waals surface area contributed by atoms with E-state index in [0.29, 0.717) is 5.76 Å². The zero-order valence-corrected chi connectivity index (χ0v) is 4.94. The molecule has 0 bridgehead atoms. The van der Waals surface area contributed by atoms with Crippen LogP contribution in [0, 0.1) is 0 Å². The van der Waals surface area contributed by atoms with Gasteiger partial charge in [-0.15, -0.1) is 0 Å². The minimum Gasteiger partial charge on any atom is -0.419 e. The van der Waals surface area contributed by atoms with Gasteiger partial charge >= 0.3 is 5.43 Å². The van der Waals surface area contributed by atoms with E-state index in [1.54, 1.807) is 0 Å². The fourth-order valence-electron chi connectivity index (χ4n) is 0.458. The summed E-state index contributed by atoms with van der Waals surface area (Å²) in [7, 11) is 0.